The first kappa shape index (κ1) is 25.2. The number of fused-ring (bicyclic) bond motifs is 1. The van der Waals surface area contributed by atoms with E-state index in [1.54, 1.807) is 47.5 Å². The minimum absolute atomic E-state index is 0.314. The first-order valence-corrected chi connectivity index (χ1v) is 15.2. The minimum atomic E-state index is -3.41. The van der Waals surface area contributed by atoms with Gasteiger partial charge < -0.3 is 10.2 Å². The fourth-order valence-corrected chi connectivity index (χ4v) is 7.01. The van der Waals surface area contributed by atoms with Crippen LogP contribution in [-0.2, 0) is 10.0 Å². The molecule has 1 saturated heterocycles. The van der Waals surface area contributed by atoms with E-state index < -0.39 is 16.1 Å². The molecule has 2 fully saturated rings. The van der Waals surface area contributed by atoms with E-state index in [-0.39, 0.29) is 11.2 Å². The number of thiazole rings is 1. The Kier molecular flexibility index (Phi) is 6.81. The van der Waals surface area contributed by atoms with Gasteiger partial charge in [-0.3, -0.25) is 14.5 Å². The second kappa shape index (κ2) is 10.3. The van der Waals surface area contributed by atoms with Gasteiger partial charge in [0.15, 0.2) is 5.01 Å². The molecule has 10 nitrogen and oxygen atoms in total. The third-order valence-electron chi connectivity index (χ3n) is 6.76. The monoisotopic (exact) mass is 571 g/mol. The highest BCUT2D eigenvalue weighted by molar-refractivity contribution is 7.93. The number of rotatable bonds is 9. The number of likely N-dealkylation sites (tertiary alicyclic amines) is 1. The van der Waals surface area contributed by atoms with Crippen LogP contribution in [0.3, 0.4) is 0 Å². The molecule has 1 aliphatic heterocycles. The van der Waals surface area contributed by atoms with Gasteiger partial charge in [-0.15, -0.1) is 11.3 Å². The summed E-state index contributed by atoms with van der Waals surface area (Å²) < 4.78 is 29.3. The number of halogens is 1. The minimum Gasteiger partial charge on any atom is -0.340 e. The standard InChI is InChI=1S/C25H26ClN7O3S2/c26-16-6-10-33-22(11-16)19(13-29-33)23-14-28-25(37-23)24(34)30-21(15-32-8-1-2-9-32)20-12-17(5-7-27-20)31-38(35,36)18-3-4-18/h5-7,10-14,18,21H,1-4,8-9,15H2,(H,27,31)(H,30,34)/t21-/m1/s1. The first-order valence-electron chi connectivity index (χ1n) is 12.5. The van der Waals surface area contributed by atoms with Crippen LogP contribution in [-0.4, -0.2) is 63.7 Å². The quantitative estimate of drug-likeness (QED) is 0.312. The first-order chi connectivity index (χ1) is 18.4. The third kappa shape index (κ3) is 5.39. The highest BCUT2D eigenvalue weighted by Crippen LogP contribution is 2.32. The molecular weight excluding hydrogens is 546 g/mol. The van der Waals surface area contributed by atoms with Crippen molar-refractivity contribution in [2.24, 2.45) is 0 Å². The maximum Gasteiger partial charge on any atom is 0.280 e. The molecule has 1 atom stereocenters. The number of nitrogens with zero attached hydrogens (tertiary/aromatic N) is 5. The lowest BCUT2D eigenvalue weighted by atomic mass is 10.1. The summed E-state index contributed by atoms with van der Waals surface area (Å²) in [6.45, 7) is 2.46. The smallest absolute Gasteiger partial charge is 0.280 e. The van der Waals surface area contributed by atoms with E-state index in [1.807, 2.05) is 6.07 Å². The molecule has 5 heterocycles. The Balaban J connectivity index is 1.24. The Morgan fingerprint density at radius 3 is 2.76 bits per heavy atom. The zero-order valence-corrected chi connectivity index (χ0v) is 22.8. The fourth-order valence-electron chi connectivity index (χ4n) is 4.63. The number of nitrogens with one attached hydrogen (secondary N) is 2. The van der Waals surface area contributed by atoms with Crippen molar-refractivity contribution >= 4 is 50.1 Å². The number of carbonyl (C=O) groups is 1. The molecule has 0 aromatic carbocycles. The Morgan fingerprint density at radius 1 is 1.16 bits per heavy atom. The van der Waals surface area contributed by atoms with Crippen molar-refractivity contribution in [2.45, 2.75) is 37.0 Å². The van der Waals surface area contributed by atoms with Crippen LogP contribution in [0.4, 0.5) is 5.69 Å². The zero-order valence-electron chi connectivity index (χ0n) is 20.4. The summed E-state index contributed by atoms with van der Waals surface area (Å²) in [5.74, 6) is -0.314. The highest BCUT2D eigenvalue weighted by Gasteiger charge is 2.36. The Hall–Kier alpha value is -3.06. The lowest BCUT2D eigenvalue weighted by Gasteiger charge is -2.24. The van der Waals surface area contributed by atoms with E-state index in [4.69, 9.17) is 11.6 Å². The third-order valence-corrected chi connectivity index (χ3v) is 9.89. The summed E-state index contributed by atoms with van der Waals surface area (Å²) in [6, 6.07) is 6.49. The lowest BCUT2D eigenvalue weighted by molar-refractivity contribution is 0.0925. The molecule has 4 aromatic rings. The highest BCUT2D eigenvalue weighted by atomic mass is 35.5. The van der Waals surface area contributed by atoms with Gasteiger partial charge in [-0.1, -0.05) is 11.6 Å². The Bertz CT molecular complexity index is 1590. The van der Waals surface area contributed by atoms with Crippen molar-refractivity contribution in [3.63, 3.8) is 0 Å². The Labute approximate surface area is 229 Å². The number of aromatic nitrogens is 4. The Morgan fingerprint density at radius 2 is 1.97 bits per heavy atom. The summed E-state index contributed by atoms with van der Waals surface area (Å²) in [4.78, 5) is 25.3. The molecular formula is C25H26ClN7O3S2. The van der Waals surface area contributed by atoms with E-state index in [0.717, 1.165) is 41.9 Å². The van der Waals surface area contributed by atoms with Crippen LogP contribution in [0.25, 0.3) is 16.0 Å². The SMILES string of the molecule is O=C(N[C@H](CN1CCCC1)c1cc(NS(=O)(=O)C2CC2)ccn1)c1ncc(-c2cnn3ccc(Cl)cc23)s1. The van der Waals surface area contributed by atoms with Crippen molar-refractivity contribution in [1.29, 1.82) is 0 Å². The molecule has 0 unspecified atom stereocenters. The normalized spacial score (nSPS) is 17.1. The van der Waals surface area contributed by atoms with Crippen molar-refractivity contribution in [1.82, 2.24) is 29.8 Å². The lowest BCUT2D eigenvalue weighted by Crippen LogP contribution is -2.37. The second-order valence-corrected chi connectivity index (χ2v) is 13.0. The molecule has 0 bridgehead atoms. The van der Waals surface area contributed by atoms with E-state index in [1.165, 1.54) is 11.3 Å². The number of carbonyl (C=O) groups excluding carboxylic acids is 1. The van der Waals surface area contributed by atoms with Crippen LogP contribution < -0.4 is 10.0 Å². The fraction of sp³-hybridized carbons (Fsp3) is 0.360. The predicted octanol–water partition coefficient (Wildman–Crippen LogP) is 3.98. The van der Waals surface area contributed by atoms with E-state index in [9.17, 15) is 13.2 Å². The molecule has 6 rings (SSSR count). The van der Waals surface area contributed by atoms with E-state index in [0.29, 0.717) is 40.8 Å². The molecule has 38 heavy (non-hydrogen) atoms. The molecule has 1 aliphatic carbocycles. The molecule has 1 amide bonds. The molecule has 198 valence electrons. The van der Waals surface area contributed by atoms with Gasteiger partial charge >= 0.3 is 0 Å². The average Bonchev–Trinajstić information content (AvgIpc) is 3.25. The number of anilines is 1. The largest absolute Gasteiger partial charge is 0.340 e. The van der Waals surface area contributed by atoms with Crippen LogP contribution in [0.2, 0.25) is 5.02 Å². The molecule has 13 heteroatoms. The summed E-state index contributed by atoms with van der Waals surface area (Å²) in [6.07, 6.45) is 10.3. The van der Waals surface area contributed by atoms with Crippen LogP contribution in [0, 0.1) is 0 Å². The van der Waals surface area contributed by atoms with Crippen molar-refractivity contribution < 1.29 is 13.2 Å². The van der Waals surface area contributed by atoms with Crippen molar-refractivity contribution in [2.75, 3.05) is 24.4 Å². The number of hydrogen-bond donors (Lipinski definition) is 2. The van der Waals surface area contributed by atoms with Gasteiger partial charge in [-0.2, -0.15) is 5.10 Å². The summed E-state index contributed by atoms with van der Waals surface area (Å²) in [5.41, 5.74) is 2.71. The summed E-state index contributed by atoms with van der Waals surface area (Å²) in [7, 11) is -3.41. The second-order valence-electron chi connectivity index (χ2n) is 9.61. The van der Waals surface area contributed by atoms with Crippen molar-refractivity contribution in [3.8, 4) is 10.4 Å². The van der Waals surface area contributed by atoms with Gasteiger partial charge in [-0.05, 0) is 63.0 Å². The van der Waals surface area contributed by atoms with E-state index in [2.05, 4.69) is 30.0 Å². The summed E-state index contributed by atoms with van der Waals surface area (Å²) >= 11 is 7.45. The van der Waals surface area contributed by atoms with Crippen LogP contribution in [0.1, 0.15) is 47.2 Å². The maximum absolute atomic E-state index is 13.4. The van der Waals surface area contributed by atoms with Gasteiger partial charge in [0.1, 0.15) is 0 Å². The molecule has 2 aliphatic rings. The predicted molar refractivity (Wildman–Crippen MR) is 147 cm³/mol. The number of sulfonamides is 1. The molecule has 2 N–H and O–H groups in total. The summed E-state index contributed by atoms with van der Waals surface area (Å²) in [5, 5.41) is 8.03. The van der Waals surface area contributed by atoms with Gasteiger partial charge in [0, 0.05) is 35.7 Å². The van der Waals surface area contributed by atoms with Gasteiger partial charge in [-0.25, -0.2) is 17.9 Å². The molecule has 4 aromatic heterocycles. The van der Waals surface area contributed by atoms with Crippen LogP contribution in [0.15, 0.2) is 49.1 Å². The van der Waals surface area contributed by atoms with Crippen LogP contribution >= 0.6 is 22.9 Å². The number of hydrogen-bond acceptors (Lipinski definition) is 8. The topological polar surface area (TPSA) is 122 Å². The van der Waals surface area contributed by atoms with Gasteiger partial charge in [0.2, 0.25) is 10.0 Å². The number of amides is 1. The molecule has 0 spiro atoms. The van der Waals surface area contributed by atoms with Gasteiger partial charge in [0.05, 0.1) is 39.3 Å². The van der Waals surface area contributed by atoms with Gasteiger partial charge in [0.25, 0.3) is 5.91 Å². The van der Waals surface area contributed by atoms with Crippen LogP contribution in [0.5, 0.6) is 0 Å². The number of pyridine rings is 2. The average molecular weight is 572 g/mol. The molecule has 1 saturated carbocycles. The van der Waals surface area contributed by atoms with Crippen molar-refractivity contribution in [3.05, 3.63) is 64.8 Å². The maximum atomic E-state index is 13.4. The van der Waals surface area contributed by atoms with E-state index >= 15 is 0 Å². The molecule has 0 radical (unpaired) electrons. The zero-order chi connectivity index (χ0) is 26.3.